The van der Waals surface area contributed by atoms with E-state index in [4.69, 9.17) is 9.47 Å². The molecule has 2 saturated heterocycles. The van der Waals surface area contributed by atoms with Gasteiger partial charge in [-0.3, -0.25) is 4.90 Å². The Morgan fingerprint density at radius 1 is 1.03 bits per heavy atom. The molecule has 4 rings (SSSR count). The Bertz CT molecular complexity index is 1050. The number of carbonyl (C=O) groups excluding carboxylic acids is 1. The summed E-state index contributed by atoms with van der Waals surface area (Å²) in [6.45, 7) is 5.95. The van der Waals surface area contributed by atoms with Crippen molar-refractivity contribution in [1.29, 1.82) is 0 Å². The van der Waals surface area contributed by atoms with Crippen LogP contribution in [0.4, 0.5) is 4.79 Å². The largest absolute Gasteiger partial charge is 0.497 e. The Hall–Kier alpha value is -2.62. The lowest BCUT2D eigenvalue weighted by molar-refractivity contribution is 0.0369. The molecule has 2 atom stereocenters. The molecule has 0 spiro atoms. The molecule has 0 aromatic heterocycles. The standard InChI is InChI=1S/C23H29N3O5S/c1-17-4-10-21(11-5-17)32(28,29)25-16-18(2)26(23(27)24-12-14-31-15-13-24)22(25)19-6-8-20(30-3)9-7-19/h4-11,18,22H,12-16H2,1-3H3. The number of rotatable bonds is 4. The molecule has 2 aliphatic heterocycles. The minimum absolute atomic E-state index is 0.178. The van der Waals surface area contributed by atoms with E-state index < -0.39 is 16.2 Å². The molecule has 172 valence electrons. The summed E-state index contributed by atoms with van der Waals surface area (Å²) in [6.07, 6.45) is -0.752. The third kappa shape index (κ3) is 4.20. The molecule has 2 aromatic rings. The van der Waals surface area contributed by atoms with Crippen LogP contribution in [0, 0.1) is 6.92 Å². The molecule has 0 bridgehead atoms. The summed E-state index contributed by atoms with van der Waals surface area (Å²) in [4.78, 5) is 17.2. The summed E-state index contributed by atoms with van der Waals surface area (Å²) in [7, 11) is -2.26. The van der Waals surface area contributed by atoms with Crippen molar-refractivity contribution in [3.63, 3.8) is 0 Å². The highest BCUT2D eigenvalue weighted by molar-refractivity contribution is 7.89. The number of benzene rings is 2. The van der Waals surface area contributed by atoms with Crippen LogP contribution in [0.25, 0.3) is 0 Å². The van der Waals surface area contributed by atoms with Crippen molar-refractivity contribution in [2.75, 3.05) is 40.0 Å². The molecular formula is C23H29N3O5S. The van der Waals surface area contributed by atoms with Crippen LogP contribution in [0.2, 0.25) is 0 Å². The molecule has 2 fully saturated rings. The SMILES string of the molecule is COc1ccc(C2N(C(=O)N3CCOCC3)C(C)CN2S(=O)(=O)c2ccc(C)cc2)cc1. The van der Waals surface area contributed by atoms with Crippen LogP contribution >= 0.6 is 0 Å². The third-order valence-electron chi connectivity index (χ3n) is 6.00. The number of nitrogens with zero attached hydrogens (tertiary/aromatic N) is 3. The Labute approximate surface area is 189 Å². The van der Waals surface area contributed by atoms with Gasteiger partial charge in [0.15, 0.2) is 0 Å². The van der Waals surface area contributed by atoms with Gasteiger partial charge >= 0.3 is 6.03 Å². The number of carbonyl (C=O) groups is 1. The van der Waals surface area contributed by atoms with Crippen molar-refractivity contribution in [3.8, 4) is 5.75 Å². The number of amides is 2. The van der Waals surface area contributed by atoms with Crippen LogP contribution in [0.15, 0.2) is 53.4 Å². The van der Waals surface area contributed by atoms with Gasteiger partial charge in [0, 0.05) is 25.7 Å². The van der Waals surface area contributed by atoms with E-state index in [1.54, 1.807) is 53.3 Å². The van der Waals surface area contributed by atoms with Crippen LogP contribution in [-0.4, -0.2) is 74.6 Å². The van der Waals surface area contributed by atoms with E-state index in [1.807, 2.05) is 26.0 Å². The van der Waals surface area contributed by atoms with Crippen molar-refractivity contribution in [1.82, 2.24) is 14.1 Å². The minimum Gasteiger partial charge on any atom is -0.497 e. The van der Waals surface area contributed by atoms with Crippen molar-refractivity contribution < 1.29 is 22.7 Å². The van der Waals surface area contributed by atoms with Crippen LogP contribution in [-0.2, 0) is 14.8 Å². The molecule has 2 amide bonds. The second-order valence-corrected chi connectivity index (χ2v) is 10.1. The summed E-state index contributed by atoms with van der Waals surface area (Å²) in [6, 6.07) is 13.5. The quantitative estimate of drug-likeness (QED) is 0.703. The van der Waals surface area contributed by atoms with Gasteiger partial charge in [-0.1, -0.05) is 29.8 Å². The summed E-state index contributed by atoms with van der Waals surface area (Å²) in [5.74, 6) is 0.666. The molecule has 0 saturated carbocycles. The number of sulfonamides is 1. The smallest absolute Gasteiger partial charge is 0.322 e. The number of methoxy groups -OCH3 is 1. The van der Waals surface area contributed by atoms with E-state index >= 15 is 0 Å². The number of morpholine rings is 1. The van der Waals surface area contributed by atoms with Gasteiger partial charge in [-0.25, -0.2) is 13.2 Å². The molecule has 2 heterocycles. The van der Waals surface area contributed by atoms with E-state index in [2.05, 4.69) is 0 Å². The Morgan fingerprint density at radius 2 is 1.66 bits per heavy atom. The molecule has 0 radical (unpaired) electrons. The predicted molar refractivity (Wildman–Crippen MR) is 120 cm³/mol. The van der Waals surface area contributed by atoms with E-state index in [-0.39, 0.29) is 23.5 Å². The molecule has 32 heavy (non-hydrogen) atoms. The number of aryl methyl sites for hydroxylation is 1. The summed E-state index contributed by atoms with van der Waals surface area (Å²) in [5.41, 5.74) is 1.70. The van der Waals surface area contributed by atoms with Crippen molar-refractivity contribution in [2.24, 2.45) is 0 Å². The van der Waals surface area contributed by atoms with Crippen molar-refractivity contribution in [3.05, 3.63) is 59.7 Å². The first-order chi connectivity index (χ1) is 15.3. The number of ether oxygens (including phenoxy) is 2. The molecule has 0 aliphatic carbocycles. The van der Waals surface area contributed by atoms with Gasteiger partial charge in [0.05, 0.1) is 25.2 Å². The van der Waals surface area contributed by atoms with Gasteiger partial charge in [0.2, 0.25) is 10.0 Å². The molecule has 9 heteroatoms. The zero-order valence-corrected chi connectivity index (χ0v) is 19.4. The monoisotopic (exact) mass is 459 g/mol. The van der Waals surface area contributed by atoms with Crippen molar-refractivity contribution >= 4 is 16.1 Å². The normalized spacial score (nSPS) is 22.2. The van der Waals surface area contributed by atoms with E-state index in [1.165, 1.54) is 4.31 Å². The van der Waals surface area contributed by atoms with Crippen LogP contribution < -0.4 is 4.74 Å². The second-order valence-electron chi connectivity index (χ2n) is 8.17. The third-order valence-corrected chi connectivity index (χ3v) is 7.83. The van der Waals surface area contributed by atoms with E-state index in [0.29, 0.717) is 37.6 Å². The average Bonchev–Trinajstić information content (AvgIpc) is 3.17. The Morgan fingerprint density at radius 3 is 2.25 bits per heavy atom. The minimum atomic E-state index is -3.83. The van der Waals surface area contributed by atoms with Crippen molar-refractivity contribution in [2.45, 2.75) is 31.0 Å². The predicted octanol–water partition coefficient (Wildman–Crippen LogP) is 2.85. The molecule has 2 aromatic carbocycles. The van der Waals surface area contributed by atoms with Gasteiger partial charge in [-0.05, 0) is 43.7 Å². The first-order valence-corrected chi connectivity index (χ1v) is 12.1. The number of hydrogen-bond acceptors (Lipinski definition) is 5. The molecular weight excluding hydrogens is 430 g/mol. The zero-order chi connectivity index (χ0) is 22.9. The maximum absolute atomic E-state index is 13.7. The molecule has 8 nitrogen and oxygen atoms in total. The Balaban J connectivity index is 1.76. The van der Waals surface area contributed by atoms with Gasteiger partial charge in [-0.15, -0.1) is 0 Å². The summed E-state index contributed by atoms with van der Waals surface area (Å²) < 4.78 is 39.4. The first-order valence-electron chi connectivity index (χ1n) is 10.7. The fourth-order valence-corrected chi connectivity index (χ4v) is 5.87. The highest BCUT2D eigenvalue weighted by Crippen LogP contribution is 2.39. The first kappa shape index (κ1) is 22.6. The molecule has 2 aliphatic rings. The zero-order valence-electron chi connectivity index (χ0n) is 18.6. The van der Waals surface area contributed by atoms with Gasteiger partial charge < -0.3 is 14.4 Å². The number of hydrogen-bond donors (Lipinski definition) is 0. The summed E-state index contributed by atoms with van der Waals surface area (Å²) in [5, 5.41) is 0. The number of urea groups is 1. The fraction of sp³-hybridized carbons (Fsp3) is 0.435. The average molecular weight is 460 g/mol. The van der Waals surface area contributed by atoms with Crippen LogP contribution in [0.3, 0.4) is 0 Å². The lowest BCUT2D eigenvalue weighted by Crippen LogP contribution is -2.50. The maximum Gasteiger partial charge on any atom is 0.322 e. The van der Waals surface area contributed by atoms with Gasteiger partial charge in [0.25, 0.3) is 0 Å². The van der Waals surface area contributed by atoms with Gasteiger partial charge in [0.1, 0.15) is 11.9 Å². The van der Waals surface area contributed by atoms with Gasteiger partial charge in [-0.2, -0.15) is 4.31 Å². The second kappa shape index (κ2) is 9.09. The molecule has 2 unspecified atom stereocenters. The van der Waals surface area contributed by atoms with E-state index in [9.17, 15) is 13.2 Å². The highest BCUT2D eigenvalue weighted by atomic mass is 32.2. The maximum atomic E-state index is 13.7. The molecule has 0 N–H and O–H groups in total. The lowest BCUT2D eigenvalue weighted by Gasteiger charge is -2.37. The van der Waals surface area contributed by atoms with E-state index in [0.717, 1.165) is 5.56 Å². The summed E-state index contributed by atoms with van der Waals surface area (Å²) >= 11 is 0. The van der Waals surface area contributed by atoms with Crippen LogP contribution in [0.1, 0.15) is 24.2 Å². The topological polar surface area (TPSA) is 79.4 Å². The highest BCUT2D eigenvalue weighted by Gasteiger charge is 2.48. The van der Waals surface area contributed by atoms with Crippen LogP contribution in [0.5, 0.6) is 5.75 Å². The lowest BCUT2D eigenvalue weighted by atomic mass is 10.1. The Kier molecular flexibility index (Phi) is 6.41. The fourth-order valence-electron chi connectivity index (χ4n) is 4.22.